The van der Waals surface area contributed by atoms with Gasteiger partial charge >= 0.3 is 5.69 Å². The van der Waals surface area contributed by atoms with Gasteiger partial charge in [-0.1, -0.05) is 39.2 Å². The summed E-state index contributed by atoms with van der Waals surface area (Å²) in [5.74, 6) is 1.39. The largest absolute Gasteiger partial charge is 0.493 e. The van der Waals surface area contributed by atoms with Crippen molar-refractivity contribution in [2.24, 2.45) is 0 Å². The maximum atomic E-state index is 12.0. The molecular weight excluding hydrogens is 332 g/mol. The van der Waals surface area contributed by atoms with Gasteiger partial charge < -0.3 is 19.6 Å². The van der Waals surface area contributed by atoms with E-state index in [1.807, 2.05) is 25.1 Å². The molecule has 0 atom stereocenters. The number of hydrogen-bond acceptors (Lipinski definition) is 4. The average Bonchev–Trinajstić information content (AvgIpc) is 2.91. The van der Waals surface area contributed by atoms with E-state index in [0.29, 0.717) is 36.8 Å². The molecule has 6 nitrogen and oxygen atoms in total. The highest BCUT2D eigenvalue weighted by Crippen LogP contribution is 2.30. The average molecular weight is 362 g/mol. The van der Waals surface area contributed by atoms with E-state index in [9.17, 15) is 9.90 Å². The molecular formula is C20H30N2O4. The van der Waals surface area contributed by atoms with E-state index in [1.54, 1.807) is 7.11 Å². The molecule has 6 heteroatoms. The molecule has 0 radical (unpaired) electrons. The lowest BCUT2D eigenvalue weighted by Gasteiger charge is -2.12. The summed E-state index contributed by atoms with van der Waals surface area (Å²) in [6.45, 7) is 5.39. The molecule has 0 aliphatic rings. The number of ether oxygens (including phenoxy) is 2. The molecule has 0 spiro atoms. The molecule has 0 aliphatic carbocycles. The summed E-state index contributed by atoms with van der Waals surface area (Å²) < 4.78 is 12.6. The molecule has 26 heavy (non-hydrogen) atoms. The fourth-order valence-electron chi connectivity index (χ4n) is 2.84. The van der Waals surface area contributed by atoms with E-state index in [1.165, 1.54) is 4.57 Å². The molecule has 0 bridgehead atoms. The zero-order valence-corrected chi connectivity index (χ0v) is 16.0. The van der Waals surface area contributed by atoms with Crippen LogP contribution in [0.5, 0.6) is 17.4 Å². The Hall–Kier alpha value is -2.37. The molecule has 0 aliphatic heterocycles. The standard InChI is InChI=1S/C20H30N2O4/c1-4-6-8-12-26-17-10-9-15(14-18(17)25-3)13-16-19(23)22(11-7-5-2)20(24)21-16/h9-10,14,23H,4-8,11-13H2,1-3H3,(H,21,24). The van der Waals surface area contributed by atoms with E-state index >= 15 is 0 Å². The second-order valence-electron chi connectivity index (χ2n) is 6.46. The number of aromatic hydroxyl groups is 1. The number of hydrogen-bond donors (Lipinski definition) is 2. The van der Waals surface area contributed by atoms with E-state index in [2.05, 4.69) is 11.9 Å². The Morgan fingerprint density at radius 2 is 1.88 bits per heavy atom. The highest BCUT2D eigenvalue weighted by Gasteiger charge is 2.14. The van der Waals surface area contributed by atoms with Gasteiger partial charge in [0.1, 0.15) is 0 Å². The third-order valence-electron chi connectivity index (χ3n) is 4.38. The number of benzene rings is 1. The van der Waals surface area contributed by atoms with Crippen LogP contribution in [-0.2, 0) is 13.0 Å². The van der Waals surface area contributed by atoms with Crippen LogP contribution in [0.3, 0.4) is 0 Å². The van der Waals surface area contributed by atoms with Crippen molar-refractivity contribution >= 4 is 0 Å². The zero-order chi connectivity index (χ0) is 18.9. The van der Waals surface area contributed by atoms with E-state index in [-0.39, 0.29) is 11.6 Å². The minimum Gasteiger partial charge on any atom is -0.493 e. The smallest absolute Gasteiger partial charge is 0.328 e. The lowest BCUT2D eigenvalue weighted by Crippen LogP contribution is -2.16. The fraction of sp³-hybridized carbons (Fsp3) is 0.550. The summed E-state index contributed by atoms with van der Waals surface area (Å²) in [6.07, 6.45) is 5.54. The van der Waals surface area contributed by atoms with E-state index in [0.717, 1.165) is 37.7 Å². The molecule has 0 amide bonds. The Morgan fingerprint density at radius 3 is 2.58 bits per heavy atom. The zero-order valence-electron chi connectivity index (χ0n) is 16.0. The number of rotatable bonds is 11. The molecule has 0 saturated heterocycles. The monoisotopic (exact) mass is 362 g/mol. The van der Waals surface area contributed by atoms with Crippen molar-refractivity contribution < 1.29 is 14.6 Å². The Balaban J connectivity index is 2.11. The predicted molar refractivity (Wildman–Crippen MR) is 102 cm³/mol. The molecule has 2 N–H and O–H groups in total. The van der Waals surface area contributed by atoms with Crippen LogP contribution in [0.1, 0.15) is 57.2 Å². The Labute approximate surface area is 154 Å². The summed E-state index contributed by atoms with van der Waals surface area (Å²) >= 11 is 0. The normalized spacial score (nSPS) is 10.9. The number of unbranched alkanes of at least 4 members (excludes halogenated alkanes) is 3. The van der Waals surface area contributed by atoms with Gasteiger partial charge in [-0.3, -0.25) is 4.57 Å². The third-order valence-corrected chi connectivity index (χ3v) is 4.38. The Bertz CT molecular complexity index is 749. The van der Waals surface area contributed by atoms with Crippen molar-refractivity contribution in [1.29, 1.82) is 0 Å². The van der Waals surface area contributed by atoms with Crippen LogP contribution < -0.4 is 15.2 Å². The molecule has 1 aromatic heterocycles. The molecule has 0 saturated carbocycles. The molecule has 144 valence electrons. The van der Waals surface area contributed by atoms with Crippen LogP contribution in [0.4, 0.5) is 0 Å². The highest BCUT2D eigenvalue weighted by molar-refractivity contribution is 5.44. The first-order chi connectivity index (χ1) is 12.6. The molecule has 0 fully saturated rings. The van der Waals surface area contributed by atoms with Crippen molar-refractivity contribution in [3.05, 3.63) is 39.9 Å². The molecule has 0 unspecified atom stereocenters. The van der Waals surface area contributed by atoms with Gasteiger partial charge in [-0.05, 0) is 30.5 Å². The van der Waals surface area contributed by atoms with Crippen molar-refractivity contribution in [1.82, 2.24) is 9.55 Å². The maximum absolute atomic E-state index is 12.0. The fourth-order valence-corrected chi connectivity index (χ4v) is 2.84. The lowest BCUT2D eigenvalue weighted by atomic mass is 10.1. The van der Waals surface area contributed by atoms with Gasteiger partial charge in [-0.2, -0.15) is 0 Å². The molecule has 1 heterocycles. The van der Waals surface area contributed by atoms with Gasteiger partial charge in [0.2, 0.25) is 5.88 Å². The highest BCUT2D eigenvalue weighted by atomic mass is 16.5. The van der Waals surface area contributed by atoms with Gasteiger partial charge in [0.15, 0.2) is 11.5 Å². The SMILES string of the molecule is CCCCCOc1ccc(Cc2[nH]c(=O)n(CCCC)c2O)cc1OC. The summed E-state index contributed by atoms with van der Waals surface area (Å²) in [5, 5.41) is 10.3. The van der Waals surface area contributed by atoms with Gasteiger partial charge in [-0.25, -0.2) is 4.79 Å². The number of methoxy groups -OCH3 is 1. The predicted octanol–water partition coefficient (Wildman–Crippen LogP) is 3.85. The number of aromatic amines is 1. The second-order valence-corrected chi connectivity index (χ2v) is 6.46. The molecule has 1 aromatic carbocycles. The van der Waals surface area contributed by atoms with Crippen LogP contribution in [0, 0.1) is 0 Å². The summed E-state index contributed by atoms with van der Waals surface area (Å²) in [5.41, 5.74) is 1.18. The summed E-state index contributed by atoms with van der Waals surface area (Å²) in [7, 11) is 1.61. The number of nitrogens with zero attached hydrogens (tertiary/aromatic N) is 1. The molecule has 2 rings (SSSR count). The van der Waals surface area contributed by atoms with Crippen LogP contribution >= 0.6 is 0 Å². The minimum atomic E-state index is -0.270. The van der Waals surface area contributed by atoms with Gasteiger partial charge in [0.05, 0.1) is 19.4 Å². The van der Waals surface area contributed by atoms with Gasteiger partial charge in [0.25, 0.3) is 0 Å². The first-order valence-electron chi connectivity index (χ1n) is 9.41. The quantitative estimate of drug-likeness (QED) is 0.595. The lowest BCUT2D eigenvalue weighted by molar-refractivity contribution is 0.286. The van der Waals surface area contributed by atoms with Crippen LogP contribution in [0.15, 0.2) is 23.0 Å². The summed E-state index contributed by atoms with van der Waals surface area (Å²) in [6, 6.07) is 5.69. The van der Waals surface area contributed by atoms with E-state index < -0.39 is 0 Å². The van der Waals surface area contributed by atoms with Crippen molar-refractivity contribution in [2.45, 2.75) is 58.9 Å². The third kappa shape index (κ3) is 5.07. The number of imidazole rings is 1. The van der Waals surface area contributed by atoms with Crippen molar-refractivity contribution in [3.63, 3.8) is 0 Å². The molecule has 2 aromatic rings. The Morgan fingerprint density at radius 1 is 1.12 bits per heavy atom. The Kier molecular flexibility index (Phi) is 7.63. The van der Waals surface area contributed by atoms with E-state index in [4.69, 9.17) is 9.47 Å². The van der Waals surface area contributed by atoms with Crippen LogP contribution in [0.2, 0.25) is 0 Å². The number of nitrogens with one attached hydrogen (secondary N) is 1. The first kappa shape index (κ1) is 19.9. The summed E-state index contributed by atoms with van der Waals surface area (Å²) in [4.78, 5) is 14.8. The van der Waals surface area contributed by atoms with Crippen LogP contribution in [0.25, 0.3) is 0 Å². The second kappa shape index (κ2) is 9.94. The topological polar surface area (TPSA) is 76.5 Å². The number of H-pyrrole nitrogens is 1. The van der Waals surface area contributed by atoms with Gasteiger partial charge in [-0.15, -0.1) is 0 Å². The van der Waals surface area contributed by atoms with Gasteiger partial charge in [0, 0.05) is 13.0 Å². The van der Waals surface area contributed by atoms with Crippen LogP contribution in [-0.4, -0.2) is 28.4 Å². The van der Waals surface area contributed by atoms with Crippen molar-refractivity contribution in [3.8, 4) is 17.4 Å². The maximum Gasteiger partial charge on any atom is 0.328 e. The number of aromatic nitrogens is 2. The first-order valence-corrected chi connectivity index (χ1v) is 9.41. The minimum absolute atomic E-state index is 0.0160. The van der Waals surface area contributed by atoms with Crippen molar-refractivity contribution in [2.75, 3.05) is 13.7 Å².